The van der Waals surface area contributed by atoms with Gasteiger partial charge in [0.15, 0.2) is 5.01 Å². The number of thiophene rings is 1. The van der Waals surface area contributed by atoms with Crippen LogP contribution in [0.15, 0.2) is 11.4 Å². The lowest BCUT2D eigenvalue weighted by Gasteiger charge is -1.96. The number of aromatic nitrogens is 2. The molecule has 0 bridgehead atoms. The molecule has 0 spiro atoms. The molecule has 0 fully saturated rings. The average molecular weight is 253 g/mol. The Morgan fingerprint density at radius 1 is 1.38 bits per heavy atom. The van der Waals surface area contributed by atoms with E-state index in [0.717, 1.165) is 29.5 Å². The number of aryl methyl sites for hydroxylation is 1. The van der Waals surface area contributed by atoms with Crippen molar-refractivity contribution in [2.75, 3.05) is 13.1 Å². The summed E-state index contributed by atoms with van der Waals surface area (Å²) in [5, 5.41) is 16.0. The number of likely N-dealkylation sites (N-methyl/N-ethyl adjacent to an activating group) is 1. The molecule has 86 valence electrons. The highest BCUT2D eigenvalue weighted by molar-refractivity contribution is 7.20. The monoisotopic (exact) mass is 253 g/mol. The van der Waals surface area contributed by atoms with Gasteiger partial charge in [-0.1, -0.05) is 18.3 Å². The standard InChI is InChI=1S/C11H15N3S2/c1-3-12-6-4-9-13-14-11(16-9)10-8(2)5-7-15-10/h5,7,12H,3-4,6H2,1-2H3. The maximum absolute atomic E-state index is 4.25. The van der Waals surface area contributed by atoms with Crippen LogP contribution in [0.2, 0.25) is 0 Å². The molecule has 0 aliphatic heterocycles. The molecular weight excluding hydrogens is 238 g/mol. The number of hydrogen-bond acceptors (Lipinski definition) is 5. The van der Waals surface area contributed by atoms with Crippen molar-refractivity contribution in [2.24, 2.45) is 0 Å². The molecule has 0 amide bonds. The molecule has 16 heavy (non-hydrogen) atoms. The summed E-state index contributed by atoms with van der Waals surface area (Å²) >= 11 is 3.44. The summed E-state index contributed by atoms with van der Waals surface area (Å²) in [4.78, 5) is 1.26. The summed E-state index contributed by atoms with van der Waals surface area (Å²) in [6.45, 7) is 6.22. The van der Waals surface area contributed by atoms with E-state index in [9.17, 15) is 0 Å². The third-order valence-electron chi connectivity index (χ3n) is 2.29. The molecule has 0 saturated heterocycles. The van der Waals surface area contributed by atoms with Gasteiger partial charge in [0.25, 0.3) is 0 Å². The number of rotatable bonds is 5. The van der Waals surface area contributed by atoms with E-state index in [2.05, 4.69) is 40.8 Å². The van der Waals surface area contributed by atoms with Crippen LogP contribution >= 0.6 is 22.7 Å². The van der Waals surface area contributed by atoms with Crippen LogP contribution in [0.5, 0.6) is 0 Å². The number of nitrogens with one attached hydrogen (secondary N) is 1. The van der Waals surface area contributed by atoms with Gasteiger partial charge in [0.2, 0.25) is 0 Å². The van der Waals surface area contributed by atoms with Crippen LogP contribution in [-0.4, -0.2) is 23.3 Å². The largest absolute Gasteiger partial charge is 0.317 e. The van der Waals surface area contributed by atoms with Gasteiger partial charge in [0.1, 0.15) is 5.01 Å². The zero-order chi connectivity index (χ0) is 11.4. The molecule has 2 rings (SSSR count). The fourth-order valence-corrected chi connectivity index (χ4v) is 3.33. The summed E-state index contributed by atoms with van der Waals surface area (Å²) in [7, 11) is 0. The first-order chi connectivity index (χ1) is 7.81. The van der Waals surface area contributed by atoms with Crippen molar-refractivity contribution in [1.82, 2.24) is 15.5 Å². The van der Waals surface area contributed by atoms with Crippen LogP contribution in [0.25, 0.3) is 9.88 Å². The molecule has 2 heterocycles. The topological polar surface area (TPSA) is 37.8 Å². The molecule has 0 aliphatic carbocycles. The first-order valence-electron chi connectivity index (χ1n) is 5.39. The van der Waals surface area contributed by atoms with E-state index in [-0.39, 0.29) is 0 Å². The van der Waals surface area contributed by atoms with Gasteiger partial charge >= 0.3 is 0 Å². The normalized spacial score (nSPS) is 10.9. The third-order valence-corrected chi connectivity index (χ3v) is 4.44. The Morgan fingerprint density at radius 3 is 2.94 bits per heavy atom. The van der Waals surface area contributed by atoms with Gasteiger partial charge in [-0.05, 0) is 30.5 Å². The van der Waals surface area contributed by atoms with Crippen molar-refractivity contribution in [3.05, 3.63) is 22.0 Å². The maximum Gasteiger partial charge on any atom is 0.158 e. The second-order valence-electron chi connectivity index (χ2n) is 3.54. The van der Waals surface area contributed by atoms with Gasteiger partial charge in [0, 0.05) is 13.0 Å². The zero-order valence-electron chi connectivity index (χ0n) is 9.49. The highest BCUT2D eigenvalue weighted by atomic mass is 32.1. The lowest BCUT2D eigenvalue weighted by atomic mass is 10.3. The molecule has 0 aromatic carbocycles. The highest BCUT2D eigenvalue weighted by Crippen LogP contribution is 2.31. The molecule has 0 saturated carbocycles. The fourth-order valence-electron chi connectivity index (χ4n) is 1.41. The molecule has 1 N–H and O–H groups in total. The van der Waals surface area contributed by atoms with Crippen molar-refractivity contribution in [1.29, 1.82) is 0 Å². The van der Waals surface area contributed by atoms with E-state index in [1.54, 1.807) is 22.7 Å². The maximum atomic E-state index is 4.25. The van der Waals surface area contributed by atoms with Crippen LogP contribution < -0.4 is 5.32 Å². The van der Waals surface area contributed by atoms with Gasteiger partial charge in [-0.3, -0.25) is 0 Å². The van der Waals surface area contributed by atoms with Crippen LogP contribution in [0.1, 0.15) is 17.5 Å². The van der Waals surface area contributed by atoms with Crippen molar-refractivity contribution in [3.63, 3.8) is 0 Å². The first kappa shape index (κ1) is 11.7. The van der Waals surface area contributed by atoms with Gasteiger partial charge in [-0.25, -0.2) is 0 Å². The fraction of sp³-hybridized carbons (Fsp3) is 0.455. The molecule has 0 unspecified atom stereocenters. The minimum absolute atomic E-state index is 0.968. The van der Waals surface area contributed by atoms with Crippen molar-refractivity contribution in [2.45, 2.75) is 20.3 Å². The van der Waals surface area contributed by atoms with Crippen LogP contribution in [-0.2, 0) is 6.42 Å². The van der Waals surface area contributed by atoms with E-state index >= 15 is 0 Å². The Bertz CT molecular complexity index is 448. The molecule has 2 aromatic heterocycles. The Kier molecular flexibility index (Phi) is 4.04. The summed E-state index contributed by atoms with van der Waals surface area (Å²) in [5.41, 5.74) is 1.29. The molecule has 2 aromatic rings. The van der Waals surface area contributed by atoms with Crippen LogP contribution in [0.3, 0.4) is 0 Å². The van der Waals surface area contributed by atoms with Gasteiger partial charge in [-0.15, -0.1) is 21.5 Å². The Morgan fingerprint density at radius 2 is 2.25 bits per heavy atom. The summed E-state index contributed by atoms with van der Waals surface area (Å²) in [5.74, 6) is 0. The van der Waals surface area contributed by atoms with Crippen molar-refractivity contribution in [3.8, 4) is 9.88 Å². The Balaban J connectivity index is 2.05. The SMILES string of the molecule is CCNCCc1nnc(-c2sccc2C)s1. The smallest absolute Gasteiger partial charge is 0.158 e. The summed E-state index contributed by atoms with van der Waals surface area (Å²) in [6, 6.07) is 2.12. The minimum atomic E-state index is 0.968. The first-order valence-corrected chi connectivity index (χ1v) is 7.08. The van der Waals surface area contributed by atoms with E-state index in [1.807, 2.05) is 0 Å². The second-order valence-corrected chi connectivity index (χ2v) is 5.52. The molecule has 3 nitrogen and oxygen atoms in total. The van der Waals surface area contributed by atoms with E-state index < -0.39 is 0 Å². The van der Waals surface area contributed by atoms with Gasteiger partial charge in [0.05, 0.1) is 4.88 Å². The van der Waals surface area contributed by atoms with Gasteiger partial charge in [-0.2, -0.15) is 0 Å². The quantitative estimate of drug-likeness (QED) is 0.833. The van der Waals surface area contributed by atoms with E-state index in [4.69, 9.17) is 0 Å². The van der Waals surface area contributed by atoms with Crippen molar-refractivity contribution >= 4 is 22.7 Å². The third kappa shape index (κ3) is 2.66. The van der Waals surface area contributed by atoms with Crippen LogP contribution in [0.4, 0.5) is 0 Å². The number of nitrogens with zero attached hydrogens (tertiary/aromatic N) is 2. The van der Waals surface area contributed by atoms with Crippen LogP contribution in [0, 0.1) is 6.92 Å². The Labute approximate surface area is 104 Å². The molecule has 0 aliphatic rings. The Hall–Kier alpha value is -0.780. The second kappa shape index (κ2) is 5.52. The molecule has 0 atom stereocenters. The number of hydrogen-bond donors (Lipinski definition) is 1. The summed E-state index contributed by atoms with van der Waals surface area (Å²) < 4.78 is 0. The van der Waals surface area contributed by atoms with Gasteiger partial charge < -0.3 is 5.32 Å². The lowest BCUT2D eigenvalue weighted by Crippen LogP contribution is -2.15. The molecule has 0 radical (unpaired) electrons. The lowest BCUT2D eigenvalue weighted by molar-refractivity contribution is 0.710. The molecular formula is C11H15N3S2. The van der Waals surface area contributed by atoms with Crippen molar-refractivity contribution < 1.29 is 0 Å². The predicted octanol–water partition coefficient (Wildman–Crippen LogP) is 2.73. The minimum Gasteiger partial charge on any atom is -0.317 e. The average Bonchev–Trinajstić information content (AvgIpc) is 2.87. The zero-order valence-corrected chi connectivity index (χ0v) is 11.1. The summed E-state index contributed by atoms with van der Waals surface area (Å²) in [6.07, 6.45) is 0.968. The highest BCUT2D eigenvalue weighted by Gasteiger charge is 2.09. The van der Waals surface area contributed by atoms with E-state index in [1.165, 1.54) is 10.4 Å². The molecule has 5 heteroatoms. The predicted molar refractivity (Wildman–Crippen MR) is 70.2 cm³/mol. The van der Waals surface area contributed by atoms with E-state index in [0.29, 0.717) is 0 Å².